The minimum absolute atomic E-state index is 0.237. The molecule has 1 fully saturated rings. The first-order valence-electron chi connectivity index (χ1n) is 10.4. The van der Waals surface area contributed by atoms with E-state index in [-0.39, 0.29) is 12.1 Å². The molecule has 9 heteroatoms. The van der Waals surface area contributed by atoms with E-state index in [1.54, 1.807) is 4.90 Å². The van der Waals surface area contributed by atoms with Gasteiger partial charge in [0.25, 0.3) is 11.5 Å². The molecular formula is C24H22F3N3O3. The summed E-state index contributed by atoms with van der Waals surface area (Å²) >= 11 is 0. The van der Waals surface area contributed by atoms with Crippen LogP contribution in [0.3, 0.4) is 0 Å². The van der Waals surface area contributed by atoms with Gasteiger partial charge < -0.3 is 19.5 Å². The molecule has 172 valence electrons. The molecule has 2 heterocycles. The molecule has 0 aliphatic carbocycles. The van der Waals surface area contributed by atoms with Gasteiger partial charge in [0.1, 0.15) is 5.56 Å². The number of alkyl halides is 3. The van der Waals surface area contributed by atoms with Gasteiger partial charge in [-0.2, -0.15) is 13.2 Å². The number of benzene rings is 2. The number of aromatic nitrogens is 1. The van der Waals surface area contributed by atoms with Crippen molar-refractivity contribution in [3.05, 3.63) is 93.9 Å². The number of hydrogen-bond donors (Lipinski definition) is 1. The number of amides is 1. The number of nitrogens with one attached hydrogen (secondary N) is 1. The van der Waals surface area contributed by atoms with E-state index < -0.39 is 28.9 Å². The van der Waals surface area contributed by atoms with Crippen LogP contribution in [0.1, 0.15) is 21.5 Å². The van der Waals surface area contributed by atoms with E-state index in [9.17, 15) is 22.8 Å². The number of pyridine rings is 1. The first-order chi connectivity index (χ1) is 15.8. The van der Waals surface area contributed by atoms with Crippen molar-refractivity contribution in [1.82, 2.24) is 4.57 Å². The van der Waals surface area contributed by atoms with E-state index >= 15 is 0 Å². The molecule has 33 heavy (non-hydrogen) atoms. The molecule has 0 atom stereocenters. The van der Waals surface area contributed by atoms with Crippen molar-refractivity contribution in [3.8, 4) is 0 Å². The van der Waals surface area contributed by atoms with Crippen LogP contribution in [0.15, 0.2) is 71.7 Å². The second-order valence-electron chi connectivity index (χ2n) is 7.62. The second-order valence-corrected chi connectivity index (χ2v) is 7.62. The molecule has 1 aromatic heterocycles. The van der Waals surface area contributed by atoms with Crippen LogP contribution < -0.4 is 15.8 Å². The average Bonchev–Trinajstić information content (AvgIpc) is 2.81. The van der Waals surface area contributed by atoms with E-state index in [0.29, 0.717) is 32.0 Å². The number of carbonyl (C=O) groups is 1. The van der Waals surface area contributed by atoms with Crippen LogP contribution in [0.25, 0.3) is 0 Å². The maximum atomic E-state index is 13.8. The van der Waals surface area contributed by atoms with E-state index in [2.05, 4.69) is 5.32 Å². The van der Waals surface area contributed by atoms with Gasteiger partial charge in [0.2, 0.25) is 0 Å². The Balaban J connectivity index is 1.60. The summed E-state index contributed by atoms with van der Waals surface area (Å²) in [7, 11) is 0. The molecule has 3 aromatic rings. The van der Waals surface area contributed by atoms with Crippen molar-refractivity contribution < 1.29 is 22.7 Å². The predicted octanol–water partition coefficient (Wildman–Crippen LogP) is 4.00. The Morgan fingerprint density at radius 1 is 1.00 bits per heavy atom. The molecule has 1 N–H and O–H groups in total. The number of rotatable bonds is 5. The van der Waals surface area contributed by atoms with Gasteiger partial charge in [0, 0.05) is 25.0 Å². The maximum Gasteiger partial charge on any atom is 0.418 e. The summed E-state index contributed by atoms with van der Waals surface area (Å²) in [5.74, 6) is -0.896. The van der Waals surface area contributed by atoms with Crippen molar-refractivity contribution >= 4 is 17.3 Å². The van der Waals surface area contributed by atoms with Crippen molar-refractivity contribution in [2.45, 2.75) is 12.7 Å². The molecule has 0 bridgehead atoms. The van der Waals surface area contributed by atoms with Crippen LogP contribution in [0.2, 0.25) is 0 Å². The molecule has 2 aromatic carbocycles. The standard InChI is InChI=1S/C24H22F3N3O3/c25-24(26,27)20-15-18(29-11-13-33-14-12-29)8-9-21(20)28-22(31)19-7-4-10-30(23(19)32)16-17-5-2-1-3-6-17/h1-10,15H,11-14,16H2,(H,28,31). The SMILES string of the molecule is O=C(Nc1ccc(N2CCOCC2)cc1C(F)(F)F)c1cccn(Cc2ccccc2)c1=O. The number of nitrogens with zero attached hydrogens (tertiary/aromatic N) is 2. The third kappa shape index (κ3) is 5.25. The van der Waals surface area contributed by atoms with Gasteiger partial charge in [-0.3, -0.25) is 9.59 Å². The minimum Gasteiger partial charge on any atom is -0.378 e. The van der Waals surface area contributed by atoms with Crippen LogP contribution in [-0.2, 0) is 17.5 Å². The normalized spacial score (nSPS) is 14.2. The topological polar surface area (TPSA) is 63.6 Å². The molecule has 4 rings (SSSR count). The highest BCUT2D eigenvalue weighted by Crippen LogP contribution is 2.37. The lowest BCUT2D eigenvalue weighted by atomic mass is 10.1. The molecule has 1 amide bonds. The molecule has 0 unspecified atom stereocenters. The number of hydrogen-bond acceptors (Lipinski definition) is 4. The predicted molar refractivity (Wildman–Crippen MR) is 119 cm³/mol. The van der Waals surface area contributed by atoms with Crippen LogP contribution in [0, 0.1) is 0 Å². The summed E-state index contributed by atoms with van der Waals surface area (Å²) in [6, 6.07) is 15.8. The lowest BCUT2D eigenvalue weighted by Gasteiger charge is -2.29. The summed E-state index contributed by atoms with van der Waals surface area (Å²) in [5, 5.41) is 2.28. The van der Waals surface area contributed by atoms with Gasteiger partial charge in [-0.15, -0.1) is 0 Å². The largest absolute Gasteiger partial charge is 0.418 e. The highest BCUT2D eigenvalue weighted by molar-refractivity contribution is 6.04. The Labute approximate surface area is 188 Å². The Hall–Kier alpha value is -3.59. The third-order valence-corrected chi connectivity index (χ3v) is 5.39. The number of halogens is 3. The molecule has 0 spiro atoms. The van der Waals surface area contributed by atoms with Crippen molar-refractivity contribution in [2.24, 2.45) is 0 Å². The van der Waals surface area contributed by atoms with Crippen LogP contribution in [-0.4, -0.2) is 36.8 Å². The summed E-state index contributed by atoms with van der Waals surface area (Å²) in [6.45, 7) is 2.07. The van der Waals surface area contributed by atoms with Crippen LogP contribution >= 0.6 is 0 Å². The van der Waals surface area contributed by atoms with Gasteiger partial charge in [0.05, 0.1) is 31.0 Å². The van der Waals surface area contributed by atoms with E-state index in [0.717, 1.165) is 11.6 Å². The summed E-state index contributed by atoms with van der Waals surface area (Å²) in [5.41, 5.74) is -0.942. The highest BCUT2D eigenvalue weighted by atomic mass is 19.4. The number of ether oxygens (including phenoxy) is 1. The third-order valence-electron chi connectivity index (χ3n) is 5.39. The fraction of sp³-hybridized carbons (Fsp3) is 0.250. The van der Waals surface area contributed by atoms with Crippen molar-refractivity contribution in [2.75, 3.05) is 36.5 Å². The zero-order valence-corrected chi connectivity index (χ0v) is 17.6. The van der Waals surface area contributed by atoms with Gasteiger partial charge >= 0.3 is 6.18 Å². The highest BCUT2D eigenvalue weighted by Gasteiger charge is 2.35. The molecule has 6 nitrogen and oxygen atoms in total. The lowest BCUT2D eigenvalue weighted by Crippen LogP contribution is -2.36. The van der Waals surface area contributed by atoms with E-state index in [1.807, 2.05) is 30.3 Å². The van der Waals surface area contributed by atoms with Gasteiger partial charge in [0.15, 0.2) is 0 Å². The number of anilines is 2. The van der Waals surface area contributed by atoms with Gasteiger partial charge in [-0.1, -0.05) is 30.3 Å². The second kappa shape index (κ2) is 9.50. The molecule has 0 radical (unpaired) electrons. The first-order valence-corrected chi connectivity index (χ1v) is 10.4. The van der Waals surface area contributed by atoms with Gasteiger partial charge in [-0.25, -0.2) is 0 Å². The zero-order chi connectivity index (χ0) is 23.4. The fourth-order valence-corrected chi connectivity index (χ4v) is 3.70. The minimum atomic E-state index is -4.69. The van der Waals surface area contributed by atoms with E-state index in [1.165, 1.54) is 35.0 Å². The lowest BCUT2D eigenvalue weighted by molar-refractivity contribution is -0.136. The Morgan fingerprint density at radius 3 is 2.42 bits per heavy atom. The molecule has 1 aliphatic rings. The van der Waals surface area contributed by atoms with Crippen molar-refractivity contribution in [3.63, 3.8) is 0 Å². The van der Waals surface area contributed by atoms with Crippen molar-refractivity contribution in [1.29, 1.82) is 0 Å². The summed E-state index contributed by atoms with van der Waals surface area (Å²) in [4.78, 5) is 27.4. The monoisotopic (exact) mass is 457 g/mol. The fourth-order valence-electron chi connectivity index (χ4n) is 3.70. The zero-order valence-electron chi connectivity index (χ0n) is 17.6. The molecular weight excluding hydrogens is 435 g/mol. The Morgan fingerprint density at radius 2 is 1.73 bits per heavy atom. The Bertz CT molecular complexity index is 1190. The maximum absolute atomic E-state index is 13.8. The quantitative estimate of drug-likeness (QED) is 0.629. The summed E-state index contributed by atoms with van der Waals surface area (Å²) < 4.78 is 47.9. The first kappa shape index (κ1) is 22.6. The van der Waals surface area contributed by atoms with E-state index in [4.69, 9.17) is 4.74 Å². The number of morpholine rings is 1. The molecule has 0 saturated carbocycles. The average molecular weight is 457 g/mol. The van der Waals surface area contributed by atoms with Gasteiger partial charge in [-0.05, 0) is 35.9 Å². The smallest absolute Gasteiger partial charge is 0.378 e. The van der Waals surface area contributed by atoms with Crippen LogP contribution in [0.5, 0.6) is 0 Å². The molecule has 1 aliphatic heterocycles. The Kier molecular flexibility index (Phi) is 6.50. The summed E-state index contributed by atoms with van der Waals surface area (Å²) in [6.07, 6.45) is -3.15. The van der Waals surface area contributed by atoms with Crippen LogP contribution in [0.4, 0.5) is 24.5 Å². The molecule has 1 saturated heterocycles. The number of carbonyl (C=O) groups excluding carboxylic acids is 1.